The van der Waals surface area contributed by atoms with E-state index >= 15 is 0 Å². The van der Waals surface area contributed by atoms with E-state index in [2.05, 4.69) is 10.2 Å². The lowest BCUT2D eigenvalue weighted by atomic mass is 9.95. The van der Waals surface area contributed by atoms with E-state index in [1.807, 2.05) is 13.8 Å². The average molecular weight is 444 g/mol. The van der Waals surface area contributed by atoms with E-state index in [9.17, 15) is 14.7 Å². The molecule has 154 valence electrons. The molecule has 9 heteroatoms. The maximum Gasteiger partial charge on any atom is 0.296 e. The zero-order chi connectivity index (χ0) is 21.6. The molecule has 0 fully saturated rings. The van der Waals surface area contributed by atoms with Crippen molar-refractivity contribution in [3.8, 4) is 0 Å². The number of halogens is 1. The first-order valence-corrected chi connectivity index (χ1v) is 10.4. The lowest BCUT2D eigenvalue weighted by molar-refractivity contribution is -0.117. The molecule has 0 spiro atoms. The van der Waals surface area contributed by atoms with E-state index in [4.69, 9.17) is 16.0 Å². The van der Waals surface area contributed by atoms with Crippen LogP contribution in [0.25, 0.3) is 0 Å². The molecule has 2 aromatic heterocycles. The van der Waals surface area contributed by atoms with E-state index in [1.54, 1.807) is 37.3 Å². The summed E-state index contributed by atoms with van der Waals surface area (Å²) in [6, 6.07) is 9.01. The monoisotopic (exact) mass is 443 g/mol. The first-order chi connectivity index (χ1) is 14.3. The van der Waals surface area contributed by atoms with Crippen molar-refractivity contribution in [2.24, 2.45) is 0 Å². The number of furan rings is 1. The largest absolute Gasteiger partial charge is 0.503 e. The van der Waals surface area contributed by atoms with Crippen molar-refractivity contribution in [3.05, 3.63) is 74.8 Å². The van der Waals surface area contributed by atoms with Crippen LogP contribution in [0.15, 0.2) is 52.1 Å². The van der Waals surface area contributed by atoms with Crippen molar-refractivity contribution in [1.82, 2.24) is 10.2 Å². The number of rotatable bonds is 5. The van der Waals surface area contributed by atoms with E-state index in [0.29, 0.717) is 21.5 Å². The highest BCUT2D eigenvalue weighted by Gasteiger charge is 2.46. The molecule has 0 unspecified atom stereocenters. The standard InChI is InChI=1S/C21H18ClN3O4S/c1-10(2)19-23-24-21(30-19)25-16(12-5-7-13(22)8-6-12)15(18(27)20(25)28)17(26)14-9-4-11(3)29-14/h4-10,16,27H,1-3H3/t16-/m0/s1. The van der Waals surface area contributed by atoms with Gasteiger partial charge in [0.1, 0.15) is 10.8 Å². The summed E-state index contributed by atoms with van der Waals surface area (Å²) in [5.74, 6) is -1.19. The van der Waals surface area contributed by atoms with Crippen molar-refractivity contribution in [3.63, 3.8) is 0 Å². The van der Waals surface area contributed by atoms with E-state index in [0.717, 1.165) is 5.01 Å². The molecule has 4 rings (SSSR count). The molecule has 0 bridgehead atoms. The number of aliphatic hydroxyl groups excluding tert-OH is 1. The minimum absolute atomic E-state index is 0.0443. The lowest BCUT2D eigenvalue weighted by Crippen LogP contribution is -2.31. The number of nitrogens with zero attached hydrogens (tertiary/aromatic N) is 3. The Hall–Kier alpha value is -2.97. The van der Waals surface area contributed by atoms with Crippen molar-refractivity contribution in [2.75, 3.05) is 4.90 Å². The number of ketones is 1. The Balaban J connectivity index is 1.85. The van der Waals surface area contributed by atoms with Gasteiger partial charge in [-0.3, -0.25) is 14.5 Å². The maximum atomic E-state index is 13.2. The van der Waals surface area contributed by atoms with Crippen LogP contribution in [0.1, 0.15) is 52.7 Å². The molecule has 1 aromatic carbocycles. The number of hydrogen-bond donors (Lipinski definition) is 1. The molecule has 0 radical (unpaired) electrons. The minimum Gasteiger partial charge on any atom is -0.503 e. The first kappa shape index (κ1) is 20.3. The molecule has 0 saturated carbocycles. The van der Waals surface area contributed by atoms with Crippen molar-refractivity contribution in [1.29, 1.82) is 0 Å². The average Bonchev–Trinajstić information content (AvgIpc) is 3.41. The molecule has 1 aliphatic rings. The summed E-state index contributed by atoms with van der Waals surface area (Å²) in [6.07, 6.45) is 0. The summed E-state index contributed by atoms with van der Waals surface area (Å²) in [5.41, 5.74) is 0.530. The van der Waals surface area contributed by atoms with Crippen LogP contribution in [0.4, 0.5) is 5.13 Å². The summed E-state index contributed by atoms with van der Waals surface area (Å²) in [7, 11) is 0. The molecule has 3 aromatic rings. The molecule has 7 nitrogen and oxygen atoms in total. The molecule has 3 heterocycles. The Bertz CT molecular complexity index is 1160. The highest BCUT2D eigenvalue weighted by atomic mass is 35.5. The number of hydrogen-bond acceptors (Lipinski definition) is 7. The lowest BCUT2D eigenvalue weighted by Gasteiger charge is -2.23. The second kappa shape index (κ2) is 7.70. The Labute approximate surface area is 181 Å². The van der Waals surface area contributed by atoms with Gasteiger partial charge in [0.05, 0.1) is 11.6 Å². The third-order valence-corrected chi connectivity index (χ3v) is 6.21. The van der Waals surface area contributed by atoms with Crippen LogP contribution in [-0.2, 0) is 4.79 Å². The second-order valence-corrected chi connectivity index (χ2v) is 8.63. The predicted molar refractivity (Wildman–Crippen MR) is 113 cm³/mol. The summed E-state index contributed by atoms with van der Waals surface area (Å²) < 4.78 is 5.45. The van der Waals surface area contributed by atoms with E-state index < -0.39 is 23.5 Å². The molecular weight excluding hydrogens is 426 g/mol. The summed E-state index contributed by atoms with van der Waals surface area (Å²) >= 11 is 7.26. The maximum absolute atomic E-state index is 13.2. The van der Waals surface area contributed by atoms with Crippen molar-refractivity contribution < 1.29 is 19.1 Å². The van der Waals surface area contributed by atoms with Crippen molar-refractivity contribution in [2.45, 2.75) is 32.7 Å². The number of aromatic nitrogens is 2. The van der Waals surface area contributed by atoms with Gasteiger partial charge in [0.2, 0.25) is 10.9 Å². The molecule has 1 aliphatic heterocycles. The first-order valence-electron chi connectivity index (χ1n) is 9.24. The number of carbonyl (C=O) groups is 2. The fourth-order valence-corrected chi connectivity index (χ4v) is 4.24. The third-order valence-electron chi connectivity index (χ3n) is 4.73. The topological polar surface area (TPSA) is 96.5 Å². The highest BCUT2D eigenvalue weighted by molar-refractivity contribution is 7.15. The molecular formula is C21H18ClN3O4S. The summed E-state index contributed by atoms with van der Waals surface area (Å²) in [4.78, 5) is 27.5. The SMILES string of the molecule is Cc1ccc(C(=O)C2=C(O)C(=O)N(c3nnc(C(C)C)s3)[C@H]2c2ccc(Cl)cc2)o1. The normalized spacial score (nSPS) is 16.8. The minimum atomic E-state index is -0.888. The Morgan fingerprint density at radius 1 is 1.20 bits per heavy atom. The number of Topliss-reactive ketones (excluding diaryl/α,β-unsaturated/α-hetero) is 1. The number of aliphatic hydroxyl groups is 1. The Morgan fingerprint density at radius 2 is 1.90 bits per heavy atom. The molecule has 1 amide bonds. The van der Waals surface area contributed by atoms with Gasteiger partial charge in [-0.1, -0.05) is 48.9 Å². The van der Waals surface area contributed by atoms with Crippen LogP contribution in [0.5, 0.6) is 0 Å². The van der Waals surface area contributed by atoms with Crippen LogP contribution in [-0.4, -0.2) is 27.0 Å². The fraction of sp³-hybridized carbons (Fsp3) is 0.238. The van der Waals surface area contributed by atoms with E-state index in [-0.39, 0.29) is 17.3 Å². The van der Waals surface area contributed by atoms with Gasteiger partial charge in [-0.15, -0.1) is 10.2 Å². The van der Waals surface area contributed by atoms with Gasteiger partial charge in [-0.2, -0.15) is 0 Å². The number of benzene rings is 1. The van der Waals surface area contributed by atoms with Gasteiger partial charge in [0, 0.05) is 10.9 Å². The molecule has 1 atom stereocenters. The zero-order valence-electron chi connectivity index (χ0n) is 16.4. The van der Waals surface area contributed by atoms with E-state index in [1.165, 1.54) is 22.3 Å². The second-order valence-electron chi connectivity index (χ2n) is 7.21. The fourth-order valence-electron chi connectivity index (χ4n) is 3.24. The molecule has 1 N–H and O–H groups in total. The van der Waals surface area contributed by atoms with Crippen LogP contribution in [0, 0.1) is 6.92 Å². The smallest absolute Gasteiger partial charge is 0.296 e. The van der Waals surface area contributed by atoms with Crippen LogP contribution >= 0.6 is 22.9 Å². The molecule has 0 aliphatic carbocycles. The number of aryl methyl sites for hydroxylation is 1. The van der Waals surface area contributed by atoms with Crippen molar-refractivity contribution >= 4 is 39.8 Å². The Morgan fingerprint density at radius 3 is 2.47 bits per heavy atom. The van der Waals surface area contributed by atoms with Gasteiger partial charge in [-0.25, -0.2) is 0 Å². The molecule has 0 saturated heterocycles. The third kappa shape index (κ3) is 3.42. The number of carbonyl (C=O) groups excluding carboxylic acids is 2. The predicted octanol–water partition coefficient (Wildman–Crippen LogP) is 5.00. The van der Waals surface area contributed by atoms with Crippen LogP contribution in [0.3, 0.4) is 0 Å². The van der Waals surface area contributed by atoms with Crippen LogP contribution in [0.2, 0.25) is 5.02 Å². The zero-order valence-corrected chi connectivity index (χ0v) is 18.0. The Kier molecular flexibility index (Phi) is 5.21. The number of amides is 1. The van der Waals surface area contributed by atoms with Gasteiger partial charge in [0.15, 0.2) is 11.5 Å². The van der Waals surface area contributed by atoms with Gasteiger partial charge in [0.25, 0.3) is 5.91 Å². The summed E-state index contributed by atoms with van der Waals surface area (Å²) in [5, 5.41) is 20.5. The van der Waals surface area contributed by atoms with Gasteiger partial charge >= 0.3 is 0 Å². The summed E-state index contributed by atoms with van der Waals surface area (Å²) in [6.45, 7) is 5.65. The van der Waals surface area contributed by atoms with Gasteiger partial charge in [-0.05, 0) is 36.8 Å². The molecule has 30 heavy (non-hydrogen) atoms. The van der Waals surface area contributed by atoms with Gasteiger partial charge < -0.3 is 9.52 Å². The number of anilines is 1. The van der Waals surface area contributed by atoms with Crippen LogP contribution < -0.4 is 4.90 Å². The highest BCUT2D eigenvalue weighted by Crippen LogP contribution is 2.43. The quantitative estimate of drug-likeness (QED) is 0.557.